The lowest BCUT2D eigenvalue weighted by Crippen LogP contribution is -2.23. The summed E-state index contributed by atoms with van der Waals surface area (Å²) in [5.41, 5.74) is 2.30. The number of nitrogens with zero attached hydrogens (tertiary/aromatic N) is 1. The highest BCUT2D eigenvalue weighted by atomic mass is 35.5. The molecule has 5 rings (SSSR count). The maximum absolute atomic E-state index is 13.1. The fourth-order valence-corrected chi connectivity index (χ4v) is 4.30. The molecule has 1 N–H and O–H groups in total. The number of para-hydroxylation sites is 1. The van der Waals surface area contributed by atoms with Gasteiger partial charge in [0.25, 0.3) is 5.91 Å². The van der Waals surface area contributed by atoms with Crippen molar-refractivity contribution in [3.8, 4) is 11.5 Å². The minimum atomic E-state index is -0.158. The molecule has 5 nitrogen and oxygen atoms in total. The zero-order chi connectivity index (χ0) is 21.2. The van der Waals surface area contributed by atoms with Crippen LogP contribution >= 0.6 is 23.4 Å². The summed E-state index contributed by atoms with van der Waals surface area (Å²) >= 11 is 7.47. The van der Waals surface area contributed by atoms with Crippen LogP contribution in [-0.2, 0) is 6.54 Å². The first-order valence-corrected chi connectivity index (χ1v) is 10.8. The van der Waals surface area contributed by atoms with E-state index < -0.39 is 0 Å². The summed E-state index contributed by atoms with van der Waals surface area (Å²) in [6.45, 7) is 0.605. The van der Waals surface area contributed by atoms with Crippen molar-refractivity contribution in [3.63, 3.8) is 0 Å². The number of amides is 1. The Bertz CT molecular complexity index is 1280. The Labute approximate surface area is 188 Å². The van der Waals surface area contributed by atoms with Crippen LogP contribution in [-0.4, -0.2) is 17.7 Å². The van der Waals surface area contributed by atoms with Gasteiger partial charge >= 0.3 is 0 Å². The maximum Gasteiger partial charge on any atom is 0.252 e. The Morgan fingerprint density at radius 2 is 1.81 bits per heavy atom. The molecular weight excluding hydrogens is 432 g/mol. The van der Waals surface area contributed by atoms with Gasteiger partial charge in [0.1, 0.15) is 5.03 Å². The first-order valence-electron chi connectivity index (χ1n) is 9.66. The smallest absolute Gasteiger partial charge is 0.252 e. The van der Waals surface area contributed by atoms with Gasteiger partial charge in [0.05, 0.1) is 11.1 Å². The van der Waals surface area contributed by atoms with E-state index in [0.717, 1.165) is 32.1 Å². The SMILES string of the molecule is O=C(NCc1ccc2c(c1)OCO2)c1cc(Sc2ccc(Cl)cc2)nc2ccccc12. The molecule has 1 aromatic heterocycles. The highest BCUT2D eigenvalue weighted by molar-refractivity contribution is 7.99. The van der Waals surface area contributed by atoms with E-state index >= 15 is 0 Å². The number of carbonyl (C=O) groups excluding carboxylic acids is 1. The molecule has 31 heavy (non-hydrogen) atoms. The molecule has 154 valence electrons. The Morgan fingerprint density at radius 1 is 1.00 bits per heavy atom. The number of rotatable bonds is 5. The molecule has 1 aliphatic rings. The number of ether oxygens (including phenoxy) is 2. The number of halogens is 1. The van der Waals surface area contributed by atoms with Crippen molar-refractivity contribution in [2.24, 2.45) is 0 Å². The maximum atomic E-state index is 13.1. The average molecular weight is 449 g/mol. The lowest BCUT2D eigenvalue weighted by Gasteiger charge is -2.11. The third-order valence-electron chi connectivity index (χ3n) is 4.86. The van der Waals surface area contributed by atoms with Gasteiger partial charge in [0.15, 0.2) is 11.5 Å². The van der Waals surface area contributed by atoms with Gasteiger partial charge in [-0.15, -0.1) is 0 Å². The summed E-state index contributed by atoms with van der Waals surface area (Å²) in [7, 11) is 0. The van der Waals surface area contributed by atoms with E-state index in [1.54, 1.807) is 0 Å². The Morgan fingerprint density at radius 3 is 2.68 bits per heavy atom. The Kier molecular flexibility index (Phi) is 5.40. The number of nitrogens with one attached hydrogen (secondary N) is 1. The molecule has 7 heteroatoms. The van der Waals surface area contributed by atoms with Crippen LogP contribution in [0.25, 0.3) is 10.9 Å². The lowest BCUT2D eigenvalue weighted by atomic mass is 10.1. The van der Waals surface area contributed by atoms with Gasteiger partial charge in [-0.2, -0.15) is 0 Å². The van der Waals surface area contributed by atoms with Gasteiger partial charge in [0.2, 0.25) is 6.79 Å². The van der Waals surface area contributed by atoms with E-state index in [2.05, 4.69) is 5.32 Å². The molecule has 3 aromatic carbocycles. The van der Waals surface area contributed by atoms with Crippen LogP contribution in [0.15, 0.2) is 82.7 Å². The number of hydrogen-bond donors (Lipinski definition) is 1. The van der Waals surface area contributed by atoms with Crippen LogP contribution in [0.4, 0.5) is 0 Å². The van der Waals surface area contributed by atoms with E-state index in [-0.39, 0.29) is 12.7 Å². The van der Waals surface area contributed by atoms with Crippen molar-refractivity contribution in [1.29, 1.82) is 0 Å². The highest BCUT2D eigenvalue weighted by Crippen LogP contribution is 2.33. The summed E-state index contributed by atoms with van der Waals surface area (Å²) in [4.78, 5) is 18.8. The number of pyridine rings is 1. The third-order valence-corrected chi connectivity index (χ3v) is 6.04. The molecule has 0 spiro atoms. The molecule has 4 aromatic rings. The molecule has 0 radical (unpaired) electrons. The van der Waals surface area contributed by atoms with Crippen LogP contribution in [0.1, 0.15) is 15.9 Å². The normalized spacial score (nSPS) is 12.2. The Balaban J connectivity index is 1.40. The standard InChI is InChI=1S/C24H17ClN2O3S/c25-16-6-8-17(9-7-16)31-23-12-19(18-3-1-2-4-20(18)27-23)24(28)26-13-15-5-10-21-22(11-15)30-14-29-21/h1-12H,13-14H2,(H,26,28). The number of aromatic nitrogens is 1. The monoisotopic (exact) mass is 448 g/mol. The molecule has 0 atom stereocenters. The van der Waals surface area contributed by atoms with E-state index in [1.807, 2.05) is 72.8 Å². The van der Waals surface area contributed by atoms with Crippen molar-refractivity contribution < 1.29 is 14.3 Å². The molecule has 0 saturated carbocycles. The van der Waals surface area contributed by atoms with Crippen molar-refractivity contribution >= 4 is 40.2 Å². The summed E-state index contributed by atoms with van der Waals surface area (Å²) < 4.78 is 10.8. The van der Waals surface area contributed by atoms with E-state index in [1.165, 1.54) is 11.8 Å². The molecule has 1 amide bonds. The van der Waals surface area contributed by atoms with Crippen LogP contribution in [0, 0.1) is 0 Å². The van der Waals surface area contributed by atoms with E-state index in [0.29, 0.717) is 22.9 Å². The van der Waals surface area contributed by atoms with Gasteiger partial charge in [-0.05, 0) is 54.1 Å². The summed E-state index contributed by atoms with van der Waals surface area (Å²) in [5, 5.41) is 5.24. The van der Waals surface area contributed by atoms with Crippen LogP contribution < -0.4 is 14.8 Å². The first kappa shape index (κ1) is 19.7. The zero-order valence-corrected chi connectivity index (χ0v) is 17.9. The van der Waals surface area contributed by atoms with Crippen LogP contribution in [0.3, 0.4) is 0 Å². The van der Waals surface area contributed by atoms with Gasteiger partial charge in [0, 0.05) is 21.8 Å². The zero-order valence-electron chi connectivity index (χ0n) is 16.3. The van der Waals surface area contributed by atoms with E-state index in [4.69, 9.17) is 26.1 Å². The molecule has 0 aliphatic carbocycles. The molecule has 1 aliphatic heterocycles. The third kappa shape index (κ3) is 4.31. The van der Waals surface area contributed by atoms with Crippen molar-refractivity contribution in [2.45, 2.75) is 16.5 Å². The van der Waals surface area contributed by atoms with Gasteiger partial charge in [-0.1, -0.05) is 47.6 Å². The lowest BCUT2D eigenvalue weighted by molar-refractivity contribution is 0.0952. The molecular formula is C24H17ClN2O3S. The average Bonchev–Trinajstić information content (AvgIpc) is 3.26. The Hall–Kier alpha value is -3.22. The predicted molar refractivity (Wildman–Crippen MR) is 121 cm³/mol. The molecule has 0 saturated heterocycles. The molecule has 0 fully saturated rings. The second-order valence-corrected chi connectivity index (χ2v) is 8.48. The number of carbonyl (C=O) groups is 1. The minimum Gasteiger partial charge on any atom is -0.454 e. The second kappa shape index (κ2) is 8.49. The van der Waals surface area contributed by atoms with Crippen molar-refractivity contribution in [1.82, 2.24) is 10.3 Å². The summed E-state index contributed by atoms with van der Waals surface area (Å²) in [6.07, 6.45) is 0. The van der Waals surface area contributed by atoms with Gasteiger partial charge in [-0.3, -0.25) is 4.79 Å². The minimum absolute atomic E-state index is 0.158. The summed E-state index contributed by atoms with van der Waals surface area (Å²) in [6, 6.07) is 22.7. The number of fused-ring (bicyclic) bond motifs is 2. The molecule has 0 bridgehead atoms. The van der Waals surface area contributed by atoms with Crippen LogP contribution in [0.5, 0.6) is 11.5 Å². The predicted octanol–water partition coefficient (Wildman–Crippen LogP) is 5.70. The fourth-order valence-electron chi connectivity index (χ4n) is 3.34. The van der Waals surface area contributed by atoms with Crippen LogP contribution in [0.2, 0.25) is 5.02 Å². The van der Waals surface area contributed by atoms with Crippen molar-refractivity contribution in [2.75, 3.05) is 6.79 Å². The quantitative estimate of drug-likeness (QED) is 0.424. The van der Waals surface area contributed by atoms with Crippen molar-refractivity contribution in [3.05, 3.63) is 88.9 Å². The van der Waals surface area contributed by atoms with Gasteiger partial charge < -0.3 is 14.8 Å². The number of hydrogen-bond acceptors (Lipinski definition) is 5. The molecule has 2 heterocycles. The van der Waals surface area contributed by atoms with Gasteiger partial charge in [-0.25, -0.2) is 4.98 Å². The fraction of sp³-hybridized carbons (Fsp3) is 0.0833. The highest BCUT2D eigenvalue weighted by Gasteiger charge is 2.16. The topological polar surface area (TPSA) is 60.5 Å². The summed E-state index contributed by atoms with van der Waals surface area (Å²) in [5.74, 6) is 1.26. The first-order chi connectivity index (χ1) is 15.2. The number of benzene rings is 3. The largest absolute Gasteiger partial charge is 0.454 e. The van der Waals surface area contributed by atoms with E-state index in [9.17, 15) is 4.79 Å². The molecule has 0 unspecified atom stereocenters. The second-order valence-electron chi connectivity index (χ2n) is 6.95.